The number of rotatable bonds is 8. The number of nitrogens with zero attached hydrogens (tertiary/aromatic N) is 1. The molecule has 0 unspecified atom stereocenters. The predicted octanol–water partition coefficient (Wildman–Crippen LogP) is 5.06. The number of nitrogens with one attached hydrogen (secondary N) is 1. The number of halogens is 1. The van der Waals surface area contributed by atoms with Gasteiger partial charge in [-0.1, -0.05) is 37.6 Å². The largest absolute Gasteiger partial charge is 0.495 e. The molecule has 0 aromatic heterocycles. The van der Waals surface area contributed by atoms with Crippen LogP contribution in [0.25, 0.3) is 6.08 Å². The summed E-state index contributed by atoms with van der Waals surface area (Å²) in [6, 6.07) is 12.0. The number of carbonyl (C=O) groups is 3. The quantitative estimate of drug-likeness (QED) is 0.538. The van der Waals surface area contributed by atoms with Crippen molar-refractivity contribution in [2.45, 2.75) is 13.8 Å². The Kier molecular flexibility index (Phi) is 7.82. The van der Waals surface area contributed by atoms with E-state index in [1.165, 1.54) is 13.2 Å². The van der Waals surface area contributed by atoms with Crippen molar-refractivity contribution in [2.75, 3.05) is 25.6 Å². The molecule has 1 fully saturated rings. The predicted molar refractivity (Wildman–Crippen MR) is 126 cm³/mol. The molecule has 0 spiro atoms. The molecule has 0 radical (unpaired) electrons. The highest BCUT2D eigenvalue weighted by Crippen LogP contribution is 2.32. The molecule has 168 valence electrons. The van der Waals surface area contributed by atoms with Gasteiger partial charge in [0, 0.05) is 5.69 Å². The maximum Gasteiger partial charge on any atom is 0.294 e. The van der Waals surface area contributed by atoms with Crippen molar-refractivity contribution < 1.29 is 23.9 Å². The van der Waals surface area contributed by atoms with Crippen LogP contribution in [0.5, 0.6) is 11.5 Å². The highest BCUT2D eigenvalue weighted by molar-refractivity contribution is 8.18. The van der Waals surface area contributed by atoms with E-state index in [-0.39, 0.29) is 4.91 Å². The van der Waals surface area contributed by atoms with Crippen LogP contribution in [0.3, 0.4) is 0 Å². The molecule has 0 atom stereocenters. The third-order valence-corrected chi connectivity index (χ3v) is 5.57. The molecule has 0 saturated carbocycles. The molecule has 0 bridgehead atoms. The van der Waals surface area contributed by atoms with Crippen molar-refractivity contribution in [3.8, 4) is 11.5 Å². The average Bonchev–Trinajstić information content (AvgIpc) is 3.00. The first-order valence-electron chi connectivity index (χ1n) is 9.88. The number of anilines is 1. The molecule has 2 aromatic rings. The molecule has 7 nitrogen and oxygen atoms in total. The molecule has 3 rings (SSSR count). The summed E-state index contributed by atoms with van der Waals surface area (Å²) in [4.78, 5) is 38.5. The number of hydrogen-bond donors (Lipinski definition) is 1. The molecule has 1 aliphatic rings. The second-order valence-corrected chi connectivity index (χ2v) is 8.84. The molecule has 2 aromatic carbocycles. The van der Waals surface area contributed by atoms with E-state index in [0.717, 1.165) is 28.0 Å². The first-order valence-corrected chi connectivity index (χ1v) is 11.1. The van der Waals surface area contributed by atoms with E-state index in [0.29, 0.717) is 29.0 Å². The molecular weight excluding hydrogens is 452 g/mol. The van der Waals surface area contributed by atoms with Crippen molar-refractivity contribution in [1.82, 2.24) is 4.90 Å². The van der Waals surface area contributed by atoms with Gasteiger partial charge in [0.2, 0.25) is 5.91 Å². The summed E-state index contributed by atoms with van der Waals surface area (Å²) in [6.45, 7) is 4.35. The maximum atomic E-state index is 12.7. The Morgan fingerprint density at radius 3 is 2.53 bits per heavy atom. The van der Waals surface area contributed by atoms with Crippen molar-refractivity contribution in [3.63, 3.8) is 0 Å². The summed E-state index contributed by atoms with van der Waals surface area (Å²) >= 11 is 6.85. The van der Waals surface area contributed by atoms with Crippen LogP contribution in [0.15, 0.2) is 47.4 Å². The summed E-state index contributed by atoms with van der Waals surface area (Å²) in [7, 11) is 1.49. The second-order valence-electron chi connectivity index (χ2n) is 7.44. The molecule has 1 N–H and O–H groups in total. The van der Waals surface area contributed by atoms with Gasteiger partial charge in [0.05, 0.1) is 23.6 Å². The summed E-state index contributed by atoms with van der Waals surface area (Å²) < 4.78 is 10.7. The van der Waals surface area contributed by atoms with E-state index in [9.17, 15) is 14.4 Å². The fourth-order valence-corrected chi connectivity index (χ4v) is 3.90. The standard InChI is InChI=1S/C23H23ClN2O5S/c1-14(2)13-31-17-7-4-15(5-8-17)10-20-22(28)26(23(29)32-20)12-21(27)25-16-6-9-19(30-3)18(24)11-16/h4-11,14H,12-13H2,1-3H3,(H,25,27). The van der Waals surface area contributed by atoms with Crippen LogP contribution in [0.4, 0.5) is 10.5 Å². The number of amides is 3. The van der Waals surface area contributed by atoms with E-state index < -0.39 is 23.6 Å². The number of carbonyl (C=O) groups excluding carboxylic acids is 3. The number of thioether (sulfide) groups is 1. The summed E-state index contributed by atoms with van der Waals surface area (Å²) in [5.41, 5.74) is 1.19. The molecular formula is C23H23ClN2O5S. The highest BCUT2D eigenvalue weighted by Gasteiger charge is 2.36. The van der Waals surface area contributed by atoms with Gasteiger partial charge in [-0.25, -0.2) is 0 Å². The van der Waals surface area contributed by atoms with Crippen LogP contribution >= 0.6 is 23.4 Å². The fourth-order valence-electron chi connectivity index (χ4n) is 2.80. The zero-order valence-corrected chi connectivity index (χ0v) is 19.5. The molecule has 9 heteroatoms. The van der Waals surface area contributed by atoms with E-state index in [2.05, 4.69) is 19.2 Å². The highest BCUT2D eigenvalue weighted by atomic mass is 35.5. The third kappa shape index (κ3) is 6.05. The Bertz CT molecular complexity index is 1050. The lowest BCUT2D eigenvalue weighted by molar-refractivity contribution is -0.127. The van der Waals surface area contributed by atoms with Gasteiger partial charge >= 0.3 is 0 Å². The van der Waals surface area contributed by atoms with Crippen LogP contribution in [0.2, 0.25) is 5.02 Å². The lowest BCUT2D eigenvalue weighted by Gasteiger charge is -2.13. The first-order chi connectivity index (χ1) is 15.3. The van der Waals surface area contributed by atoms with Gasteiger partial charge in [-0.15, -0.1) is 0 Å². The third-order valence-electron chi connectivity index (χ3n) is 4.37. The minimum atomic E-state index is -0.513. The van der Waals surface area contributed by atoms with Gasteiger partial charge in [-0.2, -0.15) is 0 Å². The van der Waals surface area contributed by atoms with Crippen LogP contribution in [-0.2, 0) is 9.59 Å². The van der Waals surface area contributed by atoms with Gasteiger partial charge < -0.3 is 14.8 Å². The molecule has 0 aliphatic carbocycles. The smallest absolute Gasteiger partial charge is 0.294 e. The normalized spacial score (nSPS) is 14.9. The first kappa shape index (κ1) is 23.7. The number of benzene rings is 2. The number of hydrogen-bond acceptors (Lipinski definition) is 6. The zero-order chi connectivity index (χ0) is 23.3. The average molecular weight is 475 g/mol. The van der Waals surface area contributed by atoms with E-state index in [4.69, 9.17) is 21.1 Å². The lowest BCUT2D eigenvalue weighted by Crippen LogP contribution is -2.36. The number of methoxy groups -OCH3 is 1. The van der Waals surface area contributed by atoms with Gasteiger partial charge in [-0.3, -0.25) is 19.3 Å². The Morgan fingerprint density at radius 1 is 1.19 bits per heavy atom. The molecule has 3 amide bonds. The zero-order valence-electron chi connectivity index (χ0n) is 17.9. The minimum Gasteiger partial charge on any atom is -0.495 e. The van der Waals surface area contributed by atoms with Crippen LogP contribution < -0.4 is 14.8 Å². The summed E-state index contributed by atoms with van der Waals surface area (Å²) in [5, 5.41) is 2.46. The topological polar surface area (TPSA) is 84.9 Å². The molecule has 1 saturated heterocycles. The van der Waals surface area contributed by atoms with Crippen molar-refractivity contribution in [1.29, 1.82) is 0 Å². The van der Waals surface area contributed by atoms with Crippen molar-refractivity contribution in [2.24, 2.45) is 5.92 Å². The number of ether oxygens (including phenoxy) is 2. The van der Waals surface area contributed by atoms with E-state index >= 15 is 0 Å². The molecule has 32 heavy (non-hydrogen) atoms. The maximum absolute atomic E-state index is 12.7. The van der Waals surface area contributed by atoms with Crippen LogP contribution in [0.1, 0.15) is 19.4 Å². The Balaban J connectivity index is 1.62. The van der Waals surface area contributed by atoms with Gasteiger partial charge in [0.1, 0.15) is 18.0 Å². The summed E-state index contributed by atoms with van der Waals surface area (Å²) in [5.74, 6) is 0.601. The van der Waals surface area contributed by atoms with E-state index in [1.54, 1.807) is 18.2 Å². The lowest BCUT2D eigenvalue weighted by atomic mass is 10.2. The molecule has 1 aliphatic heterocycles. The van der Waals surface area contributed by atoms with Crippen molar-refractivity contribution >= 4 is 52.2 Å². The molecule has 1 heterocycles. The Hall–Kier alpha value is -2.97. The fraction of sp³-hybridized carbons (Fsp3) is 0.261. The van der Waals surface area contributed by atoms with Gasteiger partial charge in [0.15, 0.2) is 0 Å². The Labute approximate surface area is 195 Å². The van der Waals surface area contributed by atoms with Crippen LogP contribution in [-0.4, -0.2) is 42.2 Å². The van der Waals surface area contributed by atoms with Crippen molar-refractivity contribution in [3.05, 3.63) is 58.0 Å². The SMILES string of the molecule is COc1ccc(NC(=O)CN2C(=O)SC(=Cc3ccc(OCC(C)C)cc3)C2=O)cc1Cl. The Morgan fingerprint density at radius 2 is 1.91 bits per heavy atom. The van der Waals surface area contributed by atoms with Crippen LogP contribution in [0, 0.1) is 5.92 Å². The van der Waals surface area contributed by atoms with Gasteiger partial charge in [0.25, 0.3) is 11.1 Å². The monoisotopic (exact) mass is 474 g/mol. The van der Waals surface area contributed by atoms with Gasteiger partial charge in [-0.05, 0) is 59.7 Å². The minimum absolute atomic E-state index is 0.256. The van der Waals surface area contributed by atoms with E-state index in [1.807, 2.05) is 24.3 Å². The number of imide groups is 1. The second kappa shape index (κ2) is 10.6. The summed E-state index contributed by atoms with van der Waals surface area (Å²) in [6.07, 6.45) is 1.62.